The molecule has 1 fully saturated rings. The molecular weight excluding hydrogens is 265 g/mol. The minimum Gasteiger partial charge on any atom is -0.313 e. The Balaban J connectivity index is 2.35. The van der Waals surface area contributed by atoms with Crippen molar-refractivity contribution in [3.05, 3.63) is 34.1 Å². The molecule has 1 saturated heterocycles. The first-order valence-corrected chi connectivity index (χ1v) is 6.55. The zero-order valence-electron chi connectivity index (χ0n) is 9.09. The minimum absolute atomic E-state index is 0.311. The smallest absolute Gasteiger partial charge is 0.270 e. The van der Waals surface area contributed by atoms with E-state index in [0.29, 0.717) is 19.2 Å². The molecule has 0 bridgehead atoms. The third kappa shape index (κ3) is 2.47. The molecule has 0 radical (unpaired) electrons. The van der Waals surface area contributed by atoms with Gasteiger partial charge in [0, 0.05) is 31.3 Å². The monoisotopic (exact) mass is 275 g/mol. The number of non-ortho nitro benzene ring substituents is 1. The first kappa shape index (κ1) is 12.9. The number of nitrogens with zero attached hydrogens (tertiary/aromatic N) is 1. The van der Waals surface area contributed by atoms with Crippen molar-refractivity contribution >= 4 is 15.7 Å². The zero-order chi connectivity index (χ0) is 13.3. The van der Waals surface area contributed by atoms with Crippen LogP contribution in [0, 0.1) is 15.9 Å². The van der Waals surface area contributed by atoms with Crippen molar-refractivity contribution in [1.82, 2.24) is 10.0 Å². The van der Waals surface area contributed by atoms with Gasteiger partial charge < -0.3 is 5.32 Å². The number of rotatable bonds is 4. The second kappa shape index (κ2) is 4.59. The summed E-state index contributed by atoms with van der Waals surface area (Å²) in [7, 11) is -4.08. The van der Waals surface area contributed by atoms with Crippen molar-refractivity contribution in [2.24, 2.45) is 0 Å². The average molecular weight is 275 g/mol. The molecule has 18 heavy (non-hydrogen) atoms. The van der Waals surface area contributed by atoms with Crippen LogP contribution in [0.2, 0.25) is 0 Å². The fourth-order valence-corrected chi connectivity index (χ4v) is 2.80. The molecule has 0 unspecified atom stereocenters. The zero-order valence-corrected chi connectivity index (χ0v) is 9.91. The predicted molar refractivity (Wildman–Crippen MR) is 60.0 cm³/mol. The molecule has 98 valence electrons. The van der Waals surface area contributed by atoms with Crippen LogP contribution < -0.4 is 10.0 Å². The van der Waals surface area contributed by atoms with Crippen LogP contribution in [0.5, 0.6) is 0 Å². The van der Waals surface area contributed by atoms with Crippen molar-refractivity contribution in [2.75, 3.05) is 13.1 Å². The van der Waals surface area contributed by atoms with Crippen LogP contribution in [0.4, 0.5) is 10.1 Å². The van der Waals surface area contributed by atoms with Gasteiger partial charge in [0.1, 0.15) is 10.7 Å². The Kier molecular flexibility index (Phi) is 3.28. The van der Waals surface area contributed by atoms with Crippen LogP contribution in [-0.2, 0) is 10.0 Å². The van der Waals surface area contributed by atoms with Crippen molar-refractivity contribution in [3.63, 3.8) is 0 Å². The Morgan fingerprint density at radius 3 is 2.61 bits per heavy atom. The summed E-state index contributed by atoms with van der Waals surface area (Å²) >= 11 is 0. The molecule has 9 heteroatoms. The molecule has 0 spiro atoms. The van der Waals surface area contributed by atoms with Crippen molar-refractivity contribution in [1.29, 1.82) is 0 Å². The Labute approximate surface area is 102 Å². The van der Waals surface area contributed by atoms with Gasteiger partial charge in [-0.3, -0.25) is 10.1 Å². The van der Waals surface area contributed by atoms with E-state index in [1.54, 1.807) is 0 Å². The number of nitrogens with one attached hydrogen (secondary N) is 2. The number of hydrogen-bond donors (Lipinski definition) is 2. The summed E-state index contributed by atoms with van der Waals surface area (Å²) in [6.45, 7) is 0.908. The first-order chi connectivity index (χ1) is 8.40. The van der Waals surface area contributed by atoms with E-state index in [4.69, 9.17) is 0 Å². The van der Waals surface area contributed by atoms with Gasteiger partial charge in [-0.2, -0.15) is 0 Å². The Hall–Kier alpha value is -1.58. The van der Waals surface area contributed by atoms with Gasteiger partial charge in [0.15, 0.2) is 0 Å². The number of benzene rings is 1. The summed E-state index contributed by atoms with van der Waals surface area (Å²) in [4.78, 5) is 9.06. The van der Waals surface area contributed by atoms with Crippen molar-refractivity contribution < 1.29 is 17.7 Å². The lowest BCUT2D eigenvalue weighted by Crippen LogP contribution is -2.56. The molecule has 7 nitrogen and oxygen atoms in total. The van der Waals surface area contributed by atoms with Gasteiger partial charge in [0.2, 0.25) is 10.0 Å². The van der Waals surface area contributed by atoms with E-state index in [0.717, 1.165) is 12.1 Å². The number of nitro groups is 1. The van der Waals surface area contributed by atoms with Gasteiger partial charge in [0.05, 0.1) is 4.92 Å². The van der Waals surface area contributed by atoms with Crippen LogP contribution in [0.3, 0.4) is 0 Å². The molecule has 0 amide bonds. The highest BCUT2D eigenvalue weighted by Crippen LogP contribution is 2.21. The third-order valence-electron chi connectivity index (χ3n) is 2.52. The molecule has 2 rings (SSSR count). The summed E-state index contributed by atoms with van der Waals surface area (Å²) < 4.78 is 39.4. The topological polar surface area (TPSA) is 101 Å². The van der Waals surface area contributed by atoms with Crippen LogP contribution >= 0.6 is 0 Å². The molecule has 0 aliphatic carbocycles. The van der Waals surface area contributed by atoms with Gasteiger partial charge in [-0.05, 0) is 6.07 Å². The van der Waals surface area contributed by atoms with E-state index >= 15 is 0 Å². The van der Waals surface area contributed by atoms with E-state index in [1.807, 2.05) is 0 Å². The second-order valence-corrected chi connectivity index (χ2v) is 5.53. The molecular formula is C9H10FN3O4S. The number of nitro benzene ring substituents is 1. The maximum absolute atomic E-state index is 13.4. The SMILES string of the molecule is O=[N+]([O-])c1ccc(F)c(S(=O)(=O)NC2CNC2)c1. The highest BCUT2D eigenvalue weighted by molar-refractivity contribution is 7.89. The average Bonchev–Trinajstić information content (AvgIpc) is 2.24. The van der Waals surface area contributed by atoms with Gasteiger partial charge in [-0.25, -0.2) is 17.5 Å². The molecule has 1 aliphatic heterocycles. The molecule has 1 aromatic carbocycles. The maximum atomic E-state index is 13.4. The molecule has 0 saturated carbocycles. The van der Waals surface area contributed by atoms with E-state index in [-0.39, 0.29) is 6.04 Å². The Bertz CT molecular complexity index is 585. The highest BCUT2D eigenvalue weighted by atomic mass is 32.2. The number of hydrogen-bond acceptors (Lipinski definition) is 5. The molecule has 1 aromatic rings. The van der Waals surface area contributed by atoms with E-state index in [1.165, 1.54) is 0 Å². The highest BCUT2D eigenvalue weighted by Gasteiger charge is 2.28. The lowest BCUT2D eigenvalue weighted by atomic mass is 10.2. The van der Waals surface area contributed by atoms with Crippen LogP contribution in [0.25, 0.3) is 0 Å². The maximum Gasteiger partial charge on any atom is 0.270 e. The van der Waals surface area contributed by atoms with Crippen molar-refractivity contribution in [2.45, 2.75) is 10.9 Å². The Morgan fingerprint density at radius 1 is 1.44 bits per heavy atom. The predicted octanol–water partition coefficient (Wildman–Crippen LogP) is -0.0160. The summed E-state index contributed by atoms with van der Waals surface area (Å²) in [6.07, 6.45) is 0. The number of sulfonamides is 1. The summed E-state index contributed by atoms with van der Waals surface area (Å²) in [5.41, 5.74) is -0.469. The fraction of sp³-hybridized carbons (Fsp3) is 0.333. The van der Waals surface area contributed by atoms with Crippen LogP contribution in [0.15, 0.2) is 23.1 Å². The number of halogens is 1. The molecule has 0 aromatic heterocycles. The van der Waals surface area contributed by atoms with E-state index in [9.17, 15) is 22.9 Å². The standard InChI is InChI=1S/C9H10FN3O4S/c10-8-2-1-7(13(14)15)3-9(8)18(16,17)12-6-4-11-5-6/h1-3,6,11-12H,4-5H2. The third-order valence-corrected chi connectivity index (χ3v) is 4.05. The van der Waals surface area contributed by atoms with Crippen LogP contribution in [0.1, 0.15) is 0 Å². The quantitative estimate of drug-likeness (QED) is 0.594. The lowest BCUT2D eigenvalue weighted by molar-refractivity contribution is -0.385. The molecule has 1 aliphatic rings. The largest absolute Gasteiger partial charge is 0.313 e. The van der Waals surface area contributed by atoms with Gasteiger partial charge >= 0.3 is 0 Å². The van der Waals surface area contributed by atoms with Gasteiger partial charge in [-0.15, -0.1) is 0 Å². The molecule has 1 heterocycles. The molecule has 0 atom stereocenters. The molecule has 2 N–H and O–H groups in total. The van der Waals surface area contributed by atoms with Gasteiger partial charge in [0.25, 0.3) is 5.69 Å². The van der Waals surface area contributed by atoms with E-state index < -0.39 is 31.3 Å². The normalized spacial score (nSPS) is 16.3. The lowest BCUT2D eigenvalue weighted by Gasteiger charge is -2.27. The second-order valence-electron chi connectivity index (χ2n) is 3.85. The summed E-state index contributed by atoms with van der Waals surface area (Å²) in [5, 5.41) is 13.4. The van der Waals surface area contributed by atoms with Crippen molar-refractivity contribution in [3.8, 4) is 0 Å². The summed E-state index contributed by atoms with van der Waals surface area (Å²) in [5.74, 6) is -1.01. The van der Waals surface area contributed by atoms with Gasteiger partial charge in [-0.1, -0.05) is 0 Å². The fourth-order valence-electron chi connectivity index (χ4n) is 1.47. The minimum atomic E-state index is -4.08. The summed E-state index contributed by atoms with van der Waals surface area (Å²) in [6, 6.07) is 2.09. The van der Waals surface area contributed by atoms with E-state index in [2.05, 4.69) is 10.0 Å². The van der Waals surface area contributed by atoms with Crippen LogP contribution in [-0.4, -0.2) is 32.5 Å². The Morgan fingerprint density at radius 2 is 2.11 bits per heavy atom. The first-order valence-electron chi connectivity index (χ1n) is 5.07.